The van der Waals surface area contributed by atoms with E-state index in [0.717, 1.165) is 28.6 Å². The highest BCUT2D eigenvalue weighted by atomic mass is 19.4. The second-order valence-electron chi connectivity index (χ2n) is 6.87. The van der Waals surface area contributed by atoms with Crippen LogP contribution in [0.15, 0.2) is 54.7 Å². The molecule has 0 fully saturated rings. The number of aromatic amines is 1. The van der Waals surface area contributed by atoms with Gasteiger partial charge in [0.2, 0.25) is 5.91 Å². The van der Waals surface area contributed by atoms with Gasteiger partial charge in [-0.3, -0.25) is 4.79 Å². The first-order valence-electron chi connectivity index (χ1n) is 9.39. The maximum Gasteiger partial charge on any atom is 0.416 e. The minimum absolute atomic E-state index is 0.0517. The maximum atomic E-state index is 13.2. The third kappa shape index (κ3) is 5.17. The standard InChI is InChI=1S/C22H23F3N2O2/c1-29-11-5-10-26-21(28)13-18(15-6-4-7-16(12-15)22(23,24)25)19-14-27-20-9-3-2-8-17(19)20/h2-4,6-9,12,14,18,27H,5,10-11,13H2,1H3,(H,26,28)/t18-/m0/s1. The molecule has 4 nitrogen and oxygen atoms in total. The Hall–Kier alpha value is -2.80. The topological polar surface area (TPSA) is 54.1 Å². The SMILES string of the molecule is COCCCNC(=O)C[C@@H](c1cccc(C(F)(F)F)c1)c1c[nH]c2ccccc12. The van der Waals surface area contributed by atoms with Crippen LogP contribution in [0.3, 0.4) is 0 Å². The van der Waals surface area contributed by atoms with E-state index < -0.39 is 17.7 Å². The molecule has 3 aromatic rings. The smallest absolute Gasteiger partial charge is 0.385 e. The molecular formula is C22H23F3N2O2. The molecule has 0 aliphatic rings. The summed E-state index contributed by atoms with van der Waals surface area (Å²) < 4.78 is 44.7. The van der Waals surface area contributed by atoms with Crippen molar-refractivity contribution in [3.8, 4) is 0 Å². The van der Waals surface area contributed by atoms with Crippen molar-refractivity contribution in [2.24, 2.45) is 0 Å². The number of para-hydroxylation sites is 1. The van der Waals surface area contributed by atoms with Gasteiger partial charge in [0.1, 0.15) is 0 Å². The van der Waals surface area contributed by atoms with Gasteiger partial charge in [0.15, 0.2) is 0 Å². The van der Waals surface area contributed by atoms with Gasteiger partial charge >= 0.3 is 6.18 Å². The average Bonchev–Trinajstić information content (AvgIpc) is 3.13. The zero-order valence-electron chi connectivity index (χ0n) is 16.1. The van der Waals surface area contributed by atoms with Crippen molar-refractivity contribution in [2.45, 2.75) is 24.9 Å². The number of carbonyl (C=O) groups is 1. The van der Waals surface area contributed by atoms with E-state index in [-0.39, 0.29) is 12.3 Å². The summed E-state index contributed by atoms with van der Waals surface area (Å²) in [4.78, 5) is 15.7. The first kappa shape index (κ1) is 20.9. The number of hydrogen-bond acceptors (Lipinski definition) is 2. The van der Waals surface area contributed by atoms with Gasteiger partial charge in [-0.2, -0.15) is 13.2 Å². The summed E-state index contributed by atoms with van der Waals surface area (Å²) >= 11 is 0. The Balaban J connectivity index is 1.93. The molecule has 0 bridgehead atoms. The number of aromatic nitrogens is 1. The van der Waals surface area contributed by atoms with E-state index >= 15 is 0 Å². The summed E-state index contributed by atoms with van der Waals surface area (Å²) in [6.45, 7) is 0.982. The zero-order valence-corrected chi connectivity index (χ0v) is 16.1. The highest BCUT2D eigenvalue weighted by Gasteiger charge is 2.31. The molecular weight excluding hydrogens is 381 g/mol. The number of amides is 1. The second-order valence-corrected chi connectivity index (χ2v) is 6.87. The van der Waals surface area contributed by atoms with Gasteiger partial charge < -0.3 is 15.0 Å². The molecule has 2 N–H and O–H groups in total. The number of ether oxygens (including phenoxy) is 1. The molecule has 7 heteroatoms. The van der Waals surface area contributed by atoms with E-state index in [4.69, 9.17) is 4.74 Å². The van der Waals surface area contributed by atoms with Crippen LogP contribution in [0.4, 0.5) is 13.2 Å². The van der Waals surface area contributed by atoms with Crippen LogP contribution >= 0.6 is 0 Å². The minimum Gasteiger partial charge on any atom is -0.385 e. The fourth-order valence-electron chi connectivity index (χ4n) is 3.42. The number of alkyl halides is 3. The van der Waals surface area contributed by atoms with Crippen molar-refractivity contribution in [3.05, 3.63) is 71.4 Å². The van der Waals surface area contributed by atoms with Gasteiger partial charge in [-0.05, 0) is 29.7 Å². The predicted molar refractivity (Wildman–Crippen MR) is 106 cm³/mol. The normalized spacial score (nSPS) is 12.8. The molecule has 0 aliphatic heterocycles. The molecule has 2 aromatic carbocycles. The monoisotopic (exact) mass is 404 g/mol. The fraction of sp³-hybridized carbons (Fsp3) is 0.318. The van der Waals surface area contributed by atoms with Crippen molar-refractivity contribution in [2.75, 3.05) is 20.3 Å². The molecule has 1 aromatic heterocycles. The molecule has 0 aliphatic carbocycles. The van der Waals surface area contributed by atoms with E-state index in [9.17, 15) is 18.0 Å². The van der Waals surface area contributed by atoms with Gasteiger partial charge in [0.25, 0.3) is 0 Å². The van der Waals surface area contributed by atoms with Crippen LogP contribution in [-0.2, 0) is 15.7 Å². The fourth-order valence-corrected chi connectivity index (χ4v) is 3.42. The summed E-state index contributed by atoms with van der Waals surface area (Å²) in [5.74, 6) is -0.718. The molecule has 154 valence electrons. The lowest BCUT2D eigenvalue weighted by atomic mass is 9.87. The Morgan fingerprint density at radius 2 is 1.97 bits per heavy atom. The molecule has 0 spiro atoms. The summed E-state index contributed by atoms with van der Waals surface area (Å²) in [5, 5.41) is 3.71. The Kier molecular flexibility index (Phi) is 6.59. The lowest BCUT2D eigenvalue weighted by Crippen LogP contribution is -2.27. The van der Waals surface area contributed by atoms with E-state index in [1.165, 1.54) is 6.07 Å². The van der Waals surface area contributed by atoms with Crippen LogP contribution in [0, 0.1) is 0 Å². The lowest BCUT2D eigenvalue weighted by molar-refractivity contribution is -0.137. The van der Waals surface area contributed by atoms with Crippen LogP contribution in [0.1, 0.15) is 35.4 Å². The van der Waals surface area contributed by atoms with E-state index in [0.29, 0.717) is 25.1 Å². The number of methoxy groups -OCH3 is 1. The lowest BCUT2D eigenvalue weighted by Gasteiger charge is -2.19. The molecule has 1 atom stereocenters. The Morgan fingerprint density at radius 3 is 2.72 bits per heavy atom. The van der Waals surface area contributed by atoms with Gasteiger partial charge in [0, 0.05) is 49.7 Å². The van der Waals surface area contributed by atoms with Gasteiger partial charge in [-0.1, -0.05) is 36.4 Å². The molecule has 3 rings (SSSR count). The van der Waals surface area contributed by atoms with Crippen LogP contribution in [0.5, 0.6) is 0 Å². The van der Waals surface area contributed by atoms with E-state index in [2.05, 4.69) is 10.3 Å². The zero-order chi connectivity index (χ0) is 20.9. The Labute approximate surface area is 167 Å². The Morgan fingerprint density at radius 1 is 1.17 bits per heavy atom. The summed E-state index contributed by atoms with van der Waals surface area (Å²) in [6, 6.07) is 12.7. The van der Waals surface area contributed by atoms with Crippen molar-refractivity contribution < 1.29 is 22.7 Å². The third-order valence-corrected chi connectivity index (χ3v) is 4.85. The van der Waals surface area contributed by atoms with Gasteiger partial charge in [0.05, 0.1) is 5.56 Å². The number of benzene rings is 2. The molecule has 29 heavy (non-hydrogen) atoms. The highest BCUT2D eigenvalue weighted by molar-refractivity contribution is 5.86. The number of halogens is 3. The number of rotatable bonds is 8. The maximum absolute atomic E-state index is 13.2. The predicted octanol–water partition coefficient (Wildman–Crippen LogP) is 4.86. The number of carbonyl (C=O) groups excluding carboxylic acids is 1. The number of fused-ring (bicyclic) bond motifs is 1. The van der Waals surface area contributed by atoms with Gasteiger partial charge in [-0.15, -0.1) is 0 Å². The number of nitrogens with one attached hydrogen (secondary N) is 2. The van der Waals surface area contributed by atoms with Crippen molar-refractivity contribution in [1.82, 2.24) is 10.3 Å². The Bertz CT molecular complexity index is 966. The van der Waals surface area contributed by atoms with E-state index in [1.807, 2.05) is 24.3 Å². The van der Waals surface area contributed by atoms with Crippen LogP contribution in [-0.4, -0.2) is 31.2 Å². The average molecular weight is 404 g/mol. The van der Waals surface area contributed by atoms with E-state index in [1.54, 1.807) is 19.4 Å². The van der Waals surface area contributed by atoms with Gasteiger partial charge in [-0.25, -0.2) is 0 Å². The van der Waals surface area contributed by atoms with Crippen molar-refractivity contribution in [3.63, 3.8) is 0 Å². The molecule has 0 unspecified atom stereocenters. The minimum atomic E-state index is -4.44. The molecule has 0 saturated carbocycles. The molecule has 1 heterocycles. The van der Waals surface area contributed by atoms with Crippen LogP contribution < -0.4 is 5.32 Å². The third-order valence-electron chi connectivity index (χ3n) is 4.85. The van der Waals surface area contributed by atoms with Crippen LogP contribution in [0.25, 0.3) is 10.9 Å². The highest BCUT2D eigenvalue weighted by Crippen LogP contribution is 2.36. The quantitative estimate of drug-likeness (QED) is 0.527. The first-order valence-corrected chi connectivity index (χ1v) is 9.39. The largest absolute Gasteiger partial charge is 0.416 e. The number of hydrogen-bond donors (Lipinski definition) is 2. The molecule has 0 saturated heterocycles. The van der Waals surface area contributed by atoms with Crippen molar-refractivity contribution >= 4 is 16.8 Å². The summed E-state index contributed by atoms with van der Waals surface area (Å²) in [5.41, 5.74) is 1.41. The van der Waals surface area contributed by atoms with Crippen LogP contribution in [0.2, 0.25) is 0 Å². The number of H-pyrrole nitrogens is 1. The van der Waals surface area contributed by atoms with Crippen molar-refractivity contribution in [1.29, 1.82) is 0 Å². The summed E-state index contributed by atoms with van der Waals surface area (Å²) in [6.07, 6.45) is -1.95. The first-order chi connectivity index (χ1) is 13.9. The summed E-state index contributed by atoms with van der Waals surface area (Å²) in [7, 11) is 1.59. The molecule has 1 amide bonds. The second kappa shape index (κ2) is 9.13. The molecule has 0 radical (unpaired) electrons.